The average Bonchev–Trinajstić information content (AvgIpc) is 2.98. The van der Waals surface area contributed by atoms with Crippen molar-refractivity contribution >= 4 is 5.91 Å². The lowest BCUT2D eigenvalue weighted by Crippen LogP contribution is -2.56. The van der Waals surface area contributed by atoms with Crippen molar-refractivity contribution in [2.75, 3.05) is 19.7 Å². The minimum absolute atomic E-state index is 0.118. The van der Waals surface area contributed by atoms with Gasteiger partial charge in [-0.25, -0.2) is 4.98 Å². The number of nitrogens with zero attached hydrogens (tertiary/aromatic N) is 2. The number of amides is 1. The van der Waals surface area contributed by atoms with Crippen LogP contribution in [0.25, 0.3) is 0 Å². The SMILES string of the molecule is Cc1cnc(C(=O)N2C[C@H](COc3ccccc3)OC(C)(C)C2)o1. The van der Waals surface area contributed by atoms with Crippen LogP contribution in [0.15, 0.2) is 40.9 Å². The summed E-state index contributed by atoms with van der Waals surface area (Å²) in [6, 6.07) is 9.56. The van der Waals surface area contributed by atoms with E-state index in [-0.39, 0.29) is 17.9 Å². The second kappa shape index (κ2) is 6.65. The second-order valence-electron chi connectivity index (χ2n) is 6.59. The third kappa shape index (κ3) is 3.94. The number of rotatable bonds is 4. The number of aryl methyl sites for hydroxylation is 1. The van der Waals surface area contributed by atoms with E-state index in [2.05, 4.69) is 4.98 Å². The molecule has 1 amide bonds. The Morgan fingerprint density at radius 2 is 2.12 bits per heavy atom. The Kier molecular flexibility index (Phi) is 4.57. The van der Waals surface area contributed by atoms with E-state index in [0.29, 0.717) is 25.5 Å². The predicted octanol–water partition coefficient (Wildman–Crippen LogP) is 2.68. The van der Waals surface area contributed by atoms with Crippen molar-refractivity contribution in [3.63, 3.8) is 0 Å². The van der Waals surface area contributed by atoms with Gasteiger partial charge >= 0.3 is 5.91 Å². The Labute approximate surface area is 141 Å². The third-order valence-electron chi connectivity index (χ3n) is 3.75. The zero-order valence-electron chi connectivity index (χ0n) is 14.2. The Morgan fingerprint density at radius 3 is 2.79 bits per heavy atom. The van der Waals surface area contributed by atoms with Crippen LogP contribution in [0.4, 0.5) is 0 Å². The summed E-state index contributed by atoms with van der Waals surface area (Å²) in [6.45, 7) is 6.99. The Balaban J connectivity index is 1.67. The monoisotopic (exact) mass is 330 g/mol. The van der Waals surface area contributed by atoms with E-state index in [9.17, 15) is 4.79 Å². The van der Waals surface area contributed by atoms with Gasteiger partial charge in [-0.3, -0.25) is 4.79 Å². The van der Waals surface area contributed by atoms with Crippen molar-refractivity contribution in [2.45, 2.75) is 32.5 Å². The normalized spacial score (nSPS) is 20.0. The van der Waals surface area contributed by atoms with Gasteiger partial charge in [-0.1, -0.05) is 18.2 Å². The summed E-state index contributed by atoms with van der Waals surface area (Å²) in [7, 11) is 0. The Bertz CT molecular complexity index is 696. The molecule has 1 saturated heterocycles. The molecule has 1 aliphatic rings. The first-order chi connectivity index (χ1) is 11.4. The van der Waals surface area contributed by atoms with Gasteiger partial charge in [0.15, 0.2) is 0 Å². The zero-order chi connectivity index (χ0) is 17.2. The van der Waals surface area contributed by atoms with Crippen LogP contribution < -0.4 is 4.74 Å². The molecule has 6 heteroatoms. The smallest absolute Gasteiger partial charge is 0.309 e. The van der Waals surface area contributed by atoms with Crippen molar-refractivity contribution in [1.29, 1.82) is 0 Å². The lowest BCUT2D eigenvalue weighted by Gasteiger charge is -2.42. The van der Waals surface area contributed by atoms with E-state index in [1.54, 1.807) is 18.0 Å². The molecule has 0 bridgehead atoms. The minimum atomic E-state index is -0.458. The maximum absolute atomic E-state index is 12.6. The van der Waals surface area contributed by atoms with E-state index in [0.717, 1.165) is 5.75 Å². The summed E-state index contributed by atoms with van der Waals surface area (Å²) in [5.41, 5.74) is -0.458. The number of carbonyl (C=O) groups excluding carboxylic acids is 1. The number of morpholine rings is 1. The van der Waals surface area contributed by atoms with E-state index in [4.69, 9.17) is 13.9 Å². The van der Waals surface area contributed by atoms with Crippen LogP contribution in [-0.2, 0) is 4.74 Å². The number of benzene rings is 1. The summed E-state index contributed by atoms with van der Waals surface area (Å²) in [4.78, 5) is 18.3. The van der Waals surface area contributed by atoms with Crippen molar-refractivity contribution in [3.8, 4) is 5.75 Å². The molecule has 24 heavy (non-hydrogen) atoms. The van der Waals surface area contributed by atoms with Gasteiger partial charge in [-0.15, -0.1) is 0 Å². The molecule has 0 unspecified atom stereocenters. The van der Waals surface area contributed by atoms with E-state index >= 15 is 0 Å². The van der Waals surface area contributed by atoms with Gasteiger partial charge in [0.2, 0.25) is 0 Å². The molecule has 6 nitrogen and oxygen atoms in total. The molecule has 0 radical (unpaired) electrons. The third-order valence-corrected chi connectivity index (χ3v) is 3.75. The topological polar surface area (TPSA) is 64.8 Å². The number of oxazole rings is 1. The van der Waals surface area contributed by atoms with Gasteiger partial charge < -0.3 is 18.8 Å². The molecule has 1 fully saturated rings. The molecule has 1 atom stereocenters. The molecule has 0 N–H and O–H groups in total. The molecule has 2 heterocycles. The van der Waals surface area contributed by atoms with E-state index < -0.39 is 5.60 Å². The molecule has 1 aromatic carbocycles. The highest BCUT2D eigenvalue weighted by molar-refractivity contribution is 5.89. The number of carbonyl (C=O) groups is 1. The largest absolute Gasteiger partial charge is 0.491 e. The van der Waals surface area contributed by atoms with E-state index in [1.807, 2.05) is 44.2 Å². The zero-order valence-corrected chi connectivity index (χ0v) is 14.2. The van der Waals surface area contributed by atoms with Crippen LogP contribution in [0.3, 0.4) is 0 Å². The summed E-state index contributed by atoms with van der Waals surface area (Å²) < 4.78 is 17.2. The Morgan fingerprint density at radius 1 is 1.38 bits per heavy atom. The van der Waals surface area contributed by atoms with Crippen LogP contribution in [0.2, 0.25) is 0 Å². The van der Waals surface area contributed by atoms with Crippen LogP contribution in [0, 0.1) is 6.92 Å². The maximum Gasteiger partial charge on any atom is 0.309 e. The average molecular weight is 330 g/mol. The number of ether oxygens (including phenoxy) is 2. The number of hydrogen-bond acceptors (Lipinski definition) is 5. The lowest BCUT2D eigenvalue weighted by molar-refractivity contribution is -0.137. The number of para-hydroxylation sites is 1. The van der Waals surface area contributed by atoms with Crippen LogP contribution in [0.5, 0.6) is 5.75 Å². The predicted molar refractivity (Wildman–Crippen MR) is 88.0 cm³/mol. The van der Waals surface area contributed by atoms with Crippen molar-refractivity contribution < 1.29 is 18.7 Å². The Hall–Kier alpha value is -2.34. The van der Waals surface area contributed by atoms with Crippen LogP contribution >= 0.6 is 0 Å². The molecule has 1 aromatic heterocycles. The van der Waals surface area contributed by atoms with Crippen molar-refractivity contribution in [3.05, 3.63) is 48.2 Å². The van der Waals surface area contributed by atoms with E-state index in [1.165, 1.54) is 0 Å². The van der Waals surface area contributed by atoms with Gasteiger partial charge in [-0.05, 0) is 32.9 Å². The minimum Gasteiger partial charge on any atom is -0.491 e. The molecular formula is C18H22N2O4. The maximum atomic E-state index is 12.6. The first-order valence-corrected chi connectivity index (χ1v) is 8.00. The van der Waals surface area contributed by atoms with Gasteiger partial charge in [0.05, 0.1) is 18.3 Å². The van der Waals surface area contributed by atoms with Gasteiger partial charge in [0, 0.05) is 6.54 Å². The van der Waals surface area contributed by atoms with Crippen molar-refractivity contribution in [1.82, 2.24) is 9.88 Å². The highest BCUT2D eigenvalue weighted by Crippen LogP contribution is 2.23. The summed E-state index contributed by atoms with van der Waals surface area (Å²) in [6.07, 6.45) is 1.34. The van der Waals surface area contributed by atoms with Crippen LogP contribution in [-0.4, -0.2) is 47.2 Å². The molecule has 1 aliphatic heterocycles. The van der Waals surface area contributed by atoms with Crippen LogP contribution in [0.1, 0.15) is 30.3 Å². The quantitative estimate of drug-likeness (QED) is 0.862. The standard InChI is InChI=1S/C18H22N2O4/c1-13-9-19-16(23-13)17(21)20-10-15(24-18(2,3)12-20)11-22-14-7-5-4-6-8-14/h4-9,15H,10-12H2,1-3H3/t15-/m1/s1. The van der Waals surface area contributed by atoms with Gasteiger partial charge in [0.25, 0.3) is 5.89 Å². The molecule has 3 rings (SSSR count). The summed E-state index contributed by atoms with van der Waals surface area (Å²) in [5.74, 6) is 1.30. The summed E-state index contributed by atoms with van der Waals surface area (Å²) >= 11 is 0. The highest BCUT2D eigenvalue weighted by Gasteiger charge is 2.37. The molecule has 2 aromatic rings. The molecule has 128 valence electrons. The number of aromatic nitrogens is 1. The fourth-order valence-corrected chi connectivity index (χ4v) is 2.83. The molecular weight excluding hydrogens is 308 g/mol. The molecule has 0 spiro atoms. The highest BCUT2D eigenvalue weighted by atomic mass is 16.5. The second-order valence-corrected chi connectivity index (χ2v) is 6.59. The van der Waals surface area contributed by atoms with Gasteiger partial charge in [-0.2, -0.15) is 0 Å². The fourth-order valence-electron chi connectivity index (χ4n) is 2.83. The first-order valence-electron chi connectivity index (χ1n) is 8.00. The van der Waals surface area contributed by atoms with Crippen molar-refractivity contribution in [2.24, 2.45) is 0 Å². The summed E-state index contributed by atoms with van der Waals surface area (Å²) in [5, 5.41) is 0. The fraction of sp³-hybridized carbons (Fsp3) is 0.444. The number of hydrogen-bond donors (Lipinski definition) is 0. The molecule has 0 saturated carbocycles. The van der Waals surface area contributed by atoms with Gasteiger partial charge in [0.1, 0.15) is 24.2 Å². The lowest BCUT2D eigenvalue weighted by atomic mass is 10.1. The first kappa shape index (κ1) is 16.5. The molecule has 0 aliphatic carbocycles.